The molecule has 0 amide bonds. The maximum Gasteiger partial charge on any atom is 0.251 e. The van der Waals surface area contributed by atoms with Gasteiger partial charge in [0.15, 0.2) is 5.13 Å². The molecule has 0 radical (unpaired) electrons. The van der Waals surface area contributed by atoms with E-state index in [2.05, 4.69) is 31.1 Å². The summed E-state index contributed by atoms with van der Waals surface area (Å²) in [5.41, 5.74) is 2.75. The molecule has 0 unspecified atom stereocenters. The van der Waals surface area contributed by atoms with Gasteiger partial charge >= 0.3 is 0 Å². The van der Waals surface area contributed by atoms with Crippen LogP contribution in [0, 0.1) is 0 Å². The Bertz CT molecular complexity index is 1360. The standard InChI is InChI=1S/C24H23Cl2N3O2S/c1-24(2,3)21-19(10-14-8-13-6-4-5-7-18(13)28-22(14)31)32-23(29-21)27-12-15-9-16(25)11-17(26)20(15)30/h4-9,11,30H,10,12H2,1-3H3,(H,27,29)(H,28,31). The van der Waals surface area contributed by atoms with Crippen molar-refractivity contribution in [3.63, 3.8) is 0 Å². The van der Waals surface area contributed by atoms with E-state index in [9.17, 15) is 9.90 Å². The van der Waals surface area contributed by atoms with Gasteiger partial charge in [-0.05, 0) is 29.7 Å². The Morgan fingerprint density at radius 1 is 1.12 bits per heavy atom. The molecule has 0 aliphatic rings. The third-order valence-corrected chi connectivity index (χ3v) is 6.65. The first-order valence-electron chi connectivity index (χ1n) is 10.1. The lowest BCUT2D eigenvalue weighted by Gasteiger charge is -2.17. The molecule has 0 saturated carbocycles. The second-order valence-electron chi connectivity index (χ2n) is 8.68. The number of anilines is 1. The van der Waals surface area contributed by atoms with Crippen LogP contribution in [0.25, 0.3) is 10.9 Å². The Kier molecular flexibility index (Phi) is 6.21. The van der Waals surface area contributed by atoms with Crippen molar-refractivity contribution >= 4 is 50.6 Å². The minimum atomic E-state index is -0.198. The highest BCUT2D eigenvalue weighted by Gasteiger charge is 2.24. The Morgan fingerprint density at radius 2 is 1.88 bits per heavy atom. The van der Waals surface area contributed by atoms with E-state index >= 15 is 0 Å². The predicted octanol–water partition coefficient (Wildman–Crippen LogP) is 6.50. The molecule has 8 heteroatoms. The summed E-state index contributed by atoms with van der Waals surface area (Å²) in [5, 5.41) is 15.8. The summed E-state index contributed by atoms with van der Waals surface area (Å²) in [5.74, 6) is -0.000844. The van der Waals surface area contributed by atoms with E-state index in [0.29, 0.717) is 34.2 Å². The number of hydrogen-bond acceptors (Lipinski definition) is 5. The van der Waals surface area contributed by atoms with E-state index in [4.69, 9.17) is 28.2 Å². The van der Waals surface area contributed by atoms with Crippen LogP contribution < -0.4 is 10.9 Å². The molecule has 0 saturated heterocycles. The number of halogens is 2. The van der Waals surface area contributed by atoms with Gasteiger partial charge in [-0.3, -0.25) is 4.79 Å². The number of pyridine rings is 1. The summed E-state index contributed by atoms with van der Waals surface area (Å²) in [4.78, 5) is 21.5. The van der Waals surface area contributed by atoms with Crippen LogP contribution in [0.15, 0.2) is 47.3 Å². The number of aromatic nitrogens is 2. The quantitative estimate of drug-likeness (QED) is 0.300. The number of aromatic hydroxyl groups is 1. The Labute approximate surface area is 200 Å². The number of aromatic amines is 1. The number of rotatable bonds is 5. The smallest absolute Gasteiger partial charge is 0.251 e. The molecule has 0 fully saturated rings. The van der Waals surface area contributed by atoms with E-state index in [-0.39, 0.29) is 21.7 Å². The number of thiazole rings is 1. The third-order valence-electron chi connectivity index (χ3n) is 5.13. The van der Waals surface area contributed by atoms with Crippen molar-refractivity contribution in [2.45, 2.75) is 39.2 Å². The molecule has 2 aromatic heterocycles. The Morgan fingerprint density at radius 3 is 2.62 bits per heavy atom. The van der Waals surface area contributed by atoms with E-state index in [1.54, 1.807) is 6.07 Å². The fraction of sp³-hybridized carbons (Fsp3) is 0.250. The van der Waals surface area contributed by atoms with Crippen molar-refractivity contribution in [3.8, 4) is 5.75 Å². The van der Waals surface area contributed by atoms with Gasteiger partial charge in [0, 0.05) is 44.9 Å². The first-order chi connectivity index (χ1) is 15.1. The zero-order valence-electron chi connectivity index (χ0n) is 17.9. The maximum absolute atomic E-state index is 12.7. The Balaban J connectivity index is 1.65. The fourth-order valence-corrected chi connectivity index (χ4v) is 5.28. The molecule has 2 heterocycles. The predicted molar refractivity (Wildman–Crippen MR) is 134 cm³/mol. The number of fused-ring (bicyclic) bond motifs is 1. The van der Waals surface area contributed by atoms with Crippen molar-refractivity contribution in [1.29, 1.82) is 0 Å². The van der Waals surface area contributed by atoms with E-state index in [1.807, 2.05) is 30.3 Å². The summed E-state index contributed by atoms with van der Waals surface area (Å²) < 4.78 is 0. The lowest BCUT2D eigenvalue weighted by Crippen LogP contribution is -2.17. The van der Waals surface area contributed by atoms with Crippen LogP contribution in [0.2, 0.25) is 10.0 Å². The van der Waals surface area contributed by atoms with Gasteiger partial charge in [-0.2, -0.15) is 0 Å². The molecule has 3 N–H and O–H groups in total. The van der Waals surface area contributed by atoms with Gasteiger partial charge in [-0.1, -0.05) is 62.2 Å². The van der Waals surface area contributed by atoms with E-state index in [1.165, 1.54) is 17.4 Å². The van der Waals surface area contributed by atoms with Gasteiger partial charge < -0.3 is 15.4 Å². The van der Waals surface area contributed by atoms with Crippen molar-refractivity contribution in [3.05, 3.63) is 84.6 Å². The molecule has 0 aliphatic heterocycles. The van der Waals surface area contributed by atoms with Gasteiger partial charge in [-0.15, -0.1) is 11.3 Å². The van der Waals surface area contributed by atoms with Crippen LogP contribution in [-0.2, 0) is 18.4 Å². The molecule has 32 heavy (non-hydrogen) atoms. The monoisotopic (exact) mass is 487 g/mol. The summed E-state index contributed by atoms with van der Waals surface area (Å²) in [6, 6.07) is 12.9. The number of para-hydroxylation sites is 1. The van der Waals surface area contributed by atoms with Crippen LogP contribution in [0.1, 0.15) is 42.5 Å². The summed E-state index contributed by atoms with van der Waals surface area (Å²) in [7, 11) is 0. The number of nitrogens with zero attached hydrogens (tertiary/aromatic N) is 1. The molecule has 0 spiro atoms. The highest BCUT2D eigenvalue weighted by molar-refractivity contribution is 7.15. The molecule has 0 atom stereocenters. The average Bonchev–Trinajstić information content (AvgIpc) is 3.13. The molecule has 0 aliphatic carbocycles. The van der Waals surface area contributed by atoms with Gasteiger partial charge in [0.1, 0.15) is 5.75 Å². The van der Waals surface area contributed by atoms with Gasteiger partial charge in [0.2, 0.25) is 0 Å². The van der Waals surface area contributed by atoms with Crippen molar-refractivity contribution < 1.29 is 5.11 Å². The molecule has 5 nitrogen and oxygen atoms in total. The highest BCUT2D eigenvalue weighted by Crippen LogP contribution is 2.35. The normalized spacial score (nSPS) is 11.8. The summed E-state index contributed by atoms with van der Waals surface area (Å²) >= 11 is 13.6. The molecular formula is C24H23Cl2N3O2S. The van der Waals surface area contributed by atoms with E-state index < -0.39 is 0 Å². The lowest BCUT2D eigenvalue weighted by molar-refractivity contribution is 0.469. The second-order valence-corrected chi connectivity index (χ2v) is 10.6. The molecule has 4 aromatic rings. The third kappa shape index (κ3) is 4.77. The maximum atomic E-state index is 12.7. The molecule has 4 rings (SSSR count). The number of hydrogen-bond donors (Lipinski definition) is 3. The van der Waals surface area contributed by atoms with Gasteiger partial charge in [0.25, 0.3) is 5.56 Å². The zero-order valence-corrected chi connectivity index (χ0v) is 20.3. The first kappa shape index (κ1) is 22.6. The van der Waals surface area contributed by atoms with Crippen molar-refractivity contribution in [2.75, 3.05) is 5.32 Å². The minimum Gasteiger partial charge on any atom is -0.506 e. The Hall–Kier alpha value is -2.54. The van der Waals surface area contributed by atoms with Gasteiger partial charge in [-0.25, -0.2) is 4.98 Å². The number of phenolic OH excluding ortho intramolecular Hbond substituents is 1. The van der Waals surface area contributed by atoms with E-state index in [0.717, 1.165) is 21.5 Å². The van der Waals surface area contributed by atoms with Crippen LogP contribution in [-0.4, -0.2) is 15.1 Å². The molecule has 2 aromatic carbocycles. The lowest BCUT2D eigenvalue weighted by atomic mass is 9.90. The second kappa shape index (κ2) is 8.77. The van der Waals surface area contributed by atoms with Crippen LogP contribution in [0.3, 0.4) is 0 Å². The topological polar surface area (TPSA) is 78.0 Å². The molecular weight excluding hydrogens is 465 g/mol. The zero-order chi connectivity index (χ0) is 23.0. The fourth-order valence-electron chi connectivity index (χ4n) is 3.55. The van der Waals surface area contributed by atoms with Crippen LogP contribution >= 0.6 is 34.5 Å². The van der Waals surface area contributed by atoms with Crippen LogP contribution in [0.4, 0.5) is 5.13 Å². The van der Waals surface area contributed by atoms with Crippen molar-refractivity contribution in [2.24, 2.45) is 0 Å². The summed E-state index contributed by atoms with van der Waals surface area (Å²) in [6.45, 7) is 6.62. The first-order valence-corrected chi connectivity index (χ1v) is 11.7. The number of phenols is 1. The average molecular weight is 488 g/mol. The number of benzene rings is 2. The molecule has 166 valence electrons. The largest absolute Gasteiger partial charge is 0.506 e. The molecule has 0 bridgehead atoms. The highest BCUT2D eigenvalue weighted by atomic mass is 35.5. The minimum absolute atomic E-state index is 0.000844. The number of nitrogens with one attached hydrogen (secondary N) is 2. The number of H-pyrrole nitrogens is 1. The van der Waals surface area contributed by atoms with Crippen molar-refractivity contribution in [1.82, 2.24) is 9.97 Å². The van der Waals surface area contributed by atoms with Gasteiger partial charge in [0.05, 0.1) is 10.7 Å². The van der Waals surface area contributed by atoms with Crippen LogP contribution in [0.5, 0.6) is 5.75 Å². The summed E-state index contributed by atoms with van der Waals surface area (Å²) in [6.07, 6.45) is 0.486. The SMILES string of the molecule is CC(C)(C)c1nc(NCc2cc(Cl)cc(Cl)c2O)sc1Cc1cc2ccccc2[nH]c1=O.